The molecule has 19 heavy (non-hydrogen) atoms. The number of rotatable bonds is 5. The van der Waals surface area contributed by atoms with Crippen molar-refractivity contribution < 1.29 is 4.79 Å². The van der Waals surface area contributed by atoms with Crippen molar-refractivity contribution in [3.63, 3.8) is 0 Å². The van der Waals surface area contributed by atoms with Gasteiger partial charge in [0.25, 0.3) is 0 Å². The lowest BCUT2D eigenvalue weighted by Gasteiger charge is -2.28. The highest BCUT2D eigenvalue weighted by Gasteiger charge is 2.38. The lowest BCUT2D eigenvalue weighted by molar-refractivity contribution is -0.135. The first-order valence-electron chi connectivity index (χ1n) is 7.20. The zero-order valence-electron chi connectivity index (χ0n) is 11.8. The fraction of sp³-hybridized carbons (Fsp3) is 0.562. The van der Waals surface area contributed by atoms with Crippen molar-refractivity contribution in [3.8, 4) is 0 Å². The molecule has 0 spiro atoms. The first-order valence-corrected chi connectivity index (χ1v) is 7.20. The van der Waals surface area contributed by atoms with Gasteiger partial charge in [0, 0.05) is 13.6 Å². The third-order valence-corrected chi connectivity index (χ3v) is 4.07. The molecule has 0 aromatic heterocycles. The molecule has 0 atom stereocenters. The number of hydrogen-bond donors (Lipinski definition) is 1. The van der Waals surface area contributed by atoms with Crippen LogP contribution in [0.1, 0.15) is 37.7 Å². The van der Waals surface area contributed by atoms with Crippen LogP contribution in [0.5, 0.6) is 0 Å². The molecule has 1 saturated carbocycles. The molecule has 1 aliphatic rings. The molecule has 3 heteroatoms. The van der Waals surface area contributed by atoms with Gasteiger partial charge in [-0.25, -0.2) is 0 Å². The van der Waals surface area contributed by atoms with E-state index in [0.29, 0.717) is 0 Å². The van der Waals surface area contributed by atoms with Crippen LogP contribution in [-0.2, 0) is 11.2 Å². The number of amides is 1. The molecule has 0 aliphatic heterocycles. The molecule has 0 unspecified atom stereocenters. The number of likely N-dealkylation sites (N-methyl/N-ethyl adjacent to an activating group) is 1. The van der Waals surface area contributed by atoms with Crippen molar-refractivity contribution in [3.05, 3.63) is 35.9 Å². The number of carbonyl (C=O) groups is 1. The van der Waals surface area contributed by atoms with Crippen LogP contribution in [0.3, 0.4) is 0 Å². The molecule has 0 saturated heterocycles. The lowest BCUT2D eigenvalue weighted by atomic mass is 9.97. The zero-order valence-corrected chi connectivity index (χ0v) is 11.8. The van der Waals surface area contributed by atoms with Crippen LogP contribution in [0, 0.1) is 0 Å². The Morgan fingerprint density at radius 1 is 1.26 bits per heavy atom. The third-order valence-electron chi connectivity index (χ3n) is 4.07. The van der Waals surface area contributed by atoms with Crippen molar-refractivity contribution in [1.82, 2.24) is 4.90 Å². The Labute approximate surface area is 115 Å². The Bertz CT molecular complexity index is 410. The average Bonchev–Trinajstić information content (AvgIpc) is 2.87. The van der Waals surface area contributed by atoms with Crippen molar-refractivity contribution in [1.29, 1.82) is 0 Å². The first kappa shape index (κ1) is 14.1. The van der Waals surface area contributed by atoms with Gasteiger partial charge >= 0.3 is 0 Å². The molecule has 1 amide bonds. The molecule has 2 N–H and O–H groups in total. The van der Waals surface area contributed by atoms with Gasteiger partial charge in [0.2, 0.25) is 5.91 Å². The van der Waals surface area contributed by atoms with E-state index in [1.807, 2.05) is 18.0 Å². The molecule has 104 valence electrons. The van der Waals surface area contributed by atoms with Crippen LogP contribution < -0.4 is 5.73 Å². The molecule has 1 aromatic carbocycles. The highest BCUT2D eigenvalue weighted by Crippen LogP contribution is 2.28. The van der Waals surface area contributed by atoms with Gasteiger partial charge in [0.05, 0.1) is 5.54 Å². The van der Waals surface area contributed by atoms with Crippen molar-refractivity contribution in [2.24, 2.45) is 5.73 Å². The summed E-state index contributed by atoms with van der Waals surface area (Å²) in [6.45, 7) is 0.784. The number of nitrogens with two attached hydrogens (primary N) is 1. The Hall–Kier alpha value is -1.35. The minimum absolute atomic E-state index is 0.123. The normalized spacial score (nSPS) is 17.4. The summed E-state index contributed by atoms with van der Waals surface area (Å²) in [7, 11) is 1.88. The van der Waals surface area contributed by atoms with Gasteiger partial charge in [-0.15, -0.1) is 0 Å². The highest BCUT2D eigenvalue weighted by atomic mass is 16.2. The summed E-state index contributed by atoms with van der Waals surface area (Å²) < 4.78 is 0. The second kappa shape index (κ2) is 6.20. The van der Waals surface area contributed by atoms with E-state index in [1.54, 1.807) is 0 Å². The molecular formula is C16H24N2O. The summed E-state index contributed by atoms with van der Waals surface area (Å²) in [6, 6.07) is 10.4. The summed E-state index contributed by atoms with van der Waals surface area (Å²) in [5.74, 6) is 0.123. The smallest absolute Gasteiger partial charge is 0.242 e. The standard InChI is InChI=1S/C16H24N2O/c1-18(15(19)16(17)11-5-6-12-16)13-7-10-14-8-3-2-4-9-14/h2-4,8-9H,5-7,10-13,17H2,1H3. The number of nitrogens with zero attached hydrogens (tertiary/aromatic N) is 1. The highest BCUT2D eigenvalue weighted by molar-refractivity contribution is 5.86. The Morgan fingerprint density at radius 2 is 1.89 bits per heavy atom. The summed E-state index contributed by atoms with van der Waals surface area (Å²) >= 11 is 0. The maximum Gasteiger partial charge on any atom is 0.242 e. The summed E-state index contributed by atoms with van der Waals surface area (Å²) in [6.07, 6.45) is 5.85. The molecule has 1 aliphatic carbocycles. The zero-order chi connectivity index (χ0) is 13.7. The van der Waals surface area contributed by atoms with Crippen molar-refractivity contribution in [2.75, 3.05) is 13.6 Å². The van der Waals surface area contributed by atoms with E-state index in [1.165, 1.54) is 5.56 Å². The molecule has 2 rings (SSSR count). The average molecular weight is 260 g/mol. The fourth-order valence-corrected chi connectivity index (χ4v) is 2.87. The molecular weight excluding hydrogens is 236 g/mol. The van der Waals surface area contributed by atoms with E-state index in [-0.39, 0.29) is 5.91 Å². The van der Waals surface area contributed by atoms with Gasteiger partial charge in [0.15, 0.2) is 0 Å². The minimum Gasteiger partial charge on any atom is -0.344 e. The van der Waals surface area contributed by atoms with Gasteiger partial charge in [-0.2, -0.15) is 0 Å². The van der Waals surface area contributed by atoms with E-state index >= 15 is 0 Å². The molecule has 3 nitrogen and oxygen atoms in total. The van der Waals surface area contributed by atoms with E-state index in [0.717, 1.165) is 45.1 Å². The van der Waals surface area contributed by atoms with Crippen LogP contribution in [0.2, 0.25) is 0 Å². The molecule has 0 radical (unpaired) electrons. The van der Waals surface area contributed by atoms with Gasteiger partial charge in [-0.3, -0.25) is 4.79 Å². The van der Waals surface area contributed by atoms with Crippen LogP contribution in [0.4, 0.5) is 0 Å². The lowest BCUT2D eigenvalue weighted by Crippen LogP contribution is -2.52. The molecule has 0 heterocycles. The van der Waals surface area contributed by atoms with Crippen LogP contribution in [-0.4, -0.2) is 29.9 Å². The topological polar surface area (TPSA) is 46.3 Å². The van der Waals surface area contributed by atoms with Crippen molar-refractivity contribution in [2.45, 2.75) is 44.1 Å². The maximum absolute atomic E-state index is 12.3. The third kappa shape index (κ3) is 3.57. The number of carbonyl (C=O) groups excluding carboxylic acids is 1. The van der Waals surface area contributed by atoms with E-state index in [4.69, 9.17) is 5.73 Å². The number of benzene rings is 1. The quantitative estimate of drug-likeness (QED) is 0.883. The Morgan fingerprint density at radius 3 is 2.53 bits per heavy atom. The molecule has 1 aromatic rings. The largest absolute Gasteiger partial charge is 0.344 e. The second-order valence-corrected chi connectivity index (χ2v) is 5.68. The predicted molar refractivity (Wildman–Crippen MR) is 77.8 cm³/mol. The predicted octanol–water partition coefficient (Wildman–Crippen LogP) is 2.35. The molecule has 1 fully saturated rings. The summed E-state index contributed by atoms with van der Waals surface area (Å²) in [5, 5.41) is 0. The SMILES string of the molecule is CN(CCCc1ccccc1)C(=O)C1(N)CCCC1. The van der Waals surface area contributed by atoms with Crippen molar-refractivity contribution >= 4 is 5.91 Å². The van der Waals surface area contributed by atoms with Gasteiger partial charge in [0.1, 0.15) is 0 Å². The first-order chi connectivity index (χ1) is 9.12. The van der Waals surface area contributed by atoms with E-state index < -0.39 is 5.54 Å². The fourth-order valence-electron chi connectivity index (χ4n) is 2.87. The van der Waals surface area contributed by atoms with E-state index in [2.05, 4.69) is 24.3 Å². The van der Waals surface area contributed by atoms with Crippen LogP contribution >= 0.6 is 0 Å². The van der Waals surface area contributed by atoms with Crippen LogP contribution in [0.15, 0.2) is 30.3 Å². The van der Waals surface area contributed by atoms with Gasteiger partial charge in [-0.05, 0) is 31.2 Å². The Balaban J connectivity index is 1.78. The second-order valence-electron chi connectivity index (χ2n) is 5.68. The van der Waals surface area contributed by atoms with Crippen LogP contribution in [0.25, 0.3) is 0 Å². The van der Waals surface area contributed by atoms with E-state index in [9.17, 15) is 4.79 Å². The maximum atomic E-state index is 12.3. The van der Waals surface area contributed by atoms with Gasteiger partial charge < -0.3 is 10.6 Å². The van der Waals surface area contributed by atoms with Gasteiger partial charge in [-0.1, -0.05) is 43.2 Å². The summed E-state index contributed by atoms with van der Waals surface area (Å²) in [4.78, 5) is 14.1. The molecule has 0 bridgehead atoms. The Kier molecular flexibility index (Phi) is 4.59. The summed E-state index contributed by atoms with van der Waals surface area (Å²) in [5.41, 5.74) is 6.94. The number of aryl methyl sites for hydroxylation is 1. The monoisotopic (exact) mass is 260 g/mol. The number of hydrogen-bond acceptors (Lipinski definition) is 2. The minimum atomic E-state index is -0.582.